The minimum atomic E-state index is -6.49. The number of carbonyl (C=O) groups is 2. The van der Waals surface area contributed by atoms with Crippen molar-refractivity contribution >= 4 is 11.8 Å². The van der Waals surface area contributed by atoms with Crippen LogP contribution in [0.2, 0.25) is 0 Å². The van der Waals surface area contributed by atoms with E-state index in [-0.39, 0.29) is 18.4 Å². The molecule has 3 aromatic carbocycles. The predicted molar refractivity (Wildman–Crippen MR) is 152 cm³/mol. The van der Waals surface area contributed by atoms with Gasteiger partial charge in [0.15, 0.2) is 0 Å². The molecule has 238 valence electrons. The highest BCUT2D eigenvalue weighted by molar-refractivity contribution is 6.00. The van der Waals surface area contributed by atoms with Crippen LogP contribution in [0.4, 0.5) is 30.7 Å². The van der Waals surface area contributed by atoms with Crippen molar-refractivity contribution in [2.75, 3.05) is 26.2 Å². The number of nitrogens with zero attached hydrogens (tertiary/aromatic N) is 2. The number of benzene rings is 3. The molecule has 1 fully saturated rings. The summed E-state index contributed by atoms with van der Waals surface area (Å²) in [4.78, 5) is 30.6. The van der Waals surface area contributed by atoms with Crippen molar-refractivity contribution in [3.05, 3.63) is 95.1 Å². The van der Waals surface area contributed by atoms with Crippen LogP contribution in [0, 0.1) is 0 Å². The number of amides is 2. The zero-order valence-electron chi connectivity index (χ0n) is 24.0. The second kappa shape index (κ2) is 11.1. The lowest BCUT2D eigenvalue weighted by Crippen LogP contribution is -2.59. The van der Waals surface area contributed by atoms with E-state index in [0.29, 0.717) is 61.3 Å². The molecular formula is C33H30F7N3O2. The number of likely N-dealkylation sites (tertiary alicyclic amines) is 1. The molecule has 0 spiro atoms. The zero-order valence-corrected chi connectivity index (χ0v) is 24.0. The van der Waals surface area contributed by atoms with E-state index in [1.165, 1.54) is 0 Å². The van der Waals surface area contributed by atoms with Crippen LogP contribution in [0.25, 0.3) is 11.1 Å². The van der Waals surface area contributed by atoms with Gasteiger partial charge in [-0.2, -0.15) is 30.7 Å². The van der Waals surface area contributed by atoms with Crippen molar-refractivity contribution in [3.8, 4) is 11.1 Å². The number of hydrogen-bond donors (Lipinski definition) is 1. The van der Waals surface area contributed by atoms with Gasteiger partial charge in [-0.15, -0.1) is 0 Å². The van der Waals surface area contributed by atoms with Crippen LogP contribution < -0.4 is 5.32 Å². The fourth-order valence-corrected chi connectivity index (χ4v) is 6.83. The molecule has 1 aliphatic carbocycles. The highest BCUT2D eigenvalue weighted by atomic mass is 19.4. The lowest BCUT2D eigenvalue weighted by molar-refractivity contribution is -0.352. The summed E-state index contributed by atoms with van der Waals surface area (Å²) < 4.78 is 94.0. The van der Waals surface area contributed by atoms with Crippen molar-refractivity contribution < 1.29 is 40.3 Å². The molecule has 3 aliphatic rings. The molecule has 0 aromatic heterocycles. The lowest BCUT2D eigenvalue weighted by atomic mass is 9.73. The van der Waals surface area contributed by atoms with Gasteiger partial charge < -0.3 is 10.2 Å². The largest absolute Gasteiger partial charge is 0.459 e. The first kappa shape index (κ1) is 31.1. The number of fused-ring (bicyclic) bond motifs is 4. The molecule has 3 aromatic rings. The van der Waals surface area contributed by atoms with Crippen molar-refractivity contribution in [2.24, 2.45) is 0 Å². The second-order valence-electron chi connectivity index (χ2n) is 11.9. The van der Waals surface area contributed by atoms with Crippen molar-refractivity contribution in [2.45, 2.75) is 55.3 Å². The third kappa shape index (κ3) is 5.07. The Bertz CT molecular complexity index is 1570. The van der Waals surface area contributed by atoms with Crippen LogP contribution in [0.1, 0.15) is 46.3 Å². The van der Waals surface area contributed by atoms with Gasteiger partial charge in [0.25, 0.3) is 5.91 Å². The Morgan fingerprint density at radius 1 is 0.800 bits per heavy atom. The van der Waals surface area contributed by atoms with Gasteiger partial charge in [0.1, 0.15) is 5.41 Å². The van der Waals surface area contributed by atoms with Gasteiger partial charge >= 0.3 is 18.0 Å². The Hall–Kier alpha value is -3.93. The smallest absolute Gasteiger partial charge is 0.349 e. The van der Waals surface area contributed by atoms with E-state index in [0.717, 1.165) is 11.1 Å². The number of unbranched alkanes of at least 4 members (excludes halogenated alkanes) is 1. The quantitative estimate of drug-likeness (QED) is 0.207. The SMILES string of the molecule is O=C1c2ccccc2CN1C1CN(CCCCC2(C(=O)NCC(F)(F)C(F)(F)C(F)(F)F)c3ccccc3-c3ccccc32)C1. The summed E-state index contributed by atoms with van der Waals surface area (Å²) >= 11 is 0. The average molecular weight is 634 g/mol. The highest BCUT2D eigenvalue weighted by Gasteiger charge is 2.73. The molecule has 1 N–H and O–H groups in total. The van der Waals surface area contributed by atoms with E-state index in [9.17, 15) is 40.3 Å². The van der Waals surface area contributed by atoms with Crippen LogP contribution in [-0.4, -0.2) is 71.9 Å². The van der Waals surface area contributed by atoms with Crippen molar-refractivity contribution in [1.29, 1.82) is 0 Å². The molecule has 0 radical (unpaired) electrons. The van der Waals surface area contributed by atoms with Crippen LogP contribution in [0.3, 0.4) is 0 Å². The maximum absolute atomic E-state index is 14.2. The van der Waals surface area contributed by atoms with Gasteiger partial charge in [0, 0.05) is 25.2 Å². The molecule has 0 saturated carbocycles. The van der Waals surface area contributed by atoms with Gasteiger partial charge in [-0.25, -0.2) is 0 Å². The fourth-order valence-electron chi connectivity index (χ4n) is 6.83. The van der Waals surface area contributed by atoms with E-state index in [2.05, 4.69) is 4.90 Å². The van der Waals surface area contributed by atoms with Crippen LogP contribution in [0.5, 0.6) is 0 Å². The van der Waals surface area contributed by atoms with E-state index >= 15 is 0 Å². The number of alkyl halides is 7. The number of rotatable bonds is 10. The van der Waals surface area contributed by atoms with E-state index < -0.39 is 35.9 Å². The molecule has 0 atom stereocenters. The summed E-state index contributed by atoms with van der Waals surface area (Å²) in [5.41, 5.74) is 2.44. The first-order valence-electron chi connectivity index (χ1n) is 14.7. The highest BCUT2D eigenvalue weighted by Crippen LogP contribution is 2.52. The molecule has 1 saturated heterocycles. The fraction of sp³-hybridized carbons (Fsp3) is 0.394. The Morgan fingerprint density at radius 3 is 1.93 bits per heavy atom. The minimum Gasteiger partial charge on any atom is -0.349 e. The summed E-state index contributed by atoms with van der Waals surface area (Å²) in [5.74, 6) is -12.9. The molecule has 5 nitrogen and oxygen atoms in total. The second-order valence-corrected chi connectivity index (χ2v) is 11.9. The van der Waals surface area contributed by atoms with Crippen LogP contribution in [0.15, 0.2) is 72.8 Å². The van der Waals surface area contributed by atoms with Crippen molar-refractivity contribution in [3.63, 3.8) is 0 Å². The maximum atomic E-state index is 14.2. The molecule has 0 bridgehead atoms. The molecule has 2 amide bonds. The third-order valence-electron chi connectivity index (χ3n) is 9.24. The Kier molecular flexibility index (Phi) is 7.70. The Labute approximate surface area is 255 Å². The third-order valence-corrected chi connectivity index (χ3v) is 9.24. The molecule has 6 rings (SSSR count). The monoisotopic (exact) mass is 633 g/mol. The van der Waals surface area contributed by atoms with Gasteiger partial charge in [-0.3, -0.25) is 14.5 Å². The Balaban J connectivity index is 1.15. The van der Waals surface area contributed by atoms with Gasteiger partial charge in [-0.05, 0) is 53.3 Å². The summed E-state index contributed by atoms with van der Waals surface area (Å²) in [6.45, 7) is 0.387. The van der Waals surface area contributed by atoms with Gasteiger partial charge in [0.05, 0.1) is 12.6 Å². The normalized spacial score (nSPS) is 17.9. The molecule has 45 heavy (non-hydrogen) atoms. The lowest BCUT2D eigenvalue weighted by Gasteiger charge is -2.44. The summed E-state index contributed by atoms with van der Waals surface area (Å²) in [6.07, 6.45) is -5.35. The van der Waals surface area contributed by atoms with E-state index in [1.54, 1.807) is 53.8 Å². The van der Waals surface area contributed by atoms with E-state index in [4.69, 9.17) is 0 Å². The van der Waals surface area contributed by atoms with Crippen LogP contribution >= 0.6 is 0 Å². The molecule has 0 unspecified atom stereocenters. The minimum absolute atomic E-state index is 0.0142. The number of nitrogens with one attached hydrogen (secondary N) is 1. The Morgan fingerprint density at radius 2 is 1.36 bits per heavy atom. The van der Waals surface area contributed by atoms with Crippen LogP contribution in [-0.2, 0) is 16.8 Å². The van der Waals surface area contributed by atoms with E-state index in [1.807, 2.05) is 29.2 Å². The summed E-state index contributed by atoms with van der Waals surface area (Å²) in [6, 6.07) is 21.2. The average Bonchev–Trinajstić information content (AvgIpc) is 3.47. The van der Waals surface area contributed by atoms with Gasteiger partial charge in [-0.1, -0.05) is 73.2 Å². The summed E-state index contributed by atoms with van der Waals surface area (Å²) in [7, 11) is 0. The maximum Gasteiger partial charge on any atom is 0.459 e. The van der Waals surface area contributed by atoms with Crippen molar-refractivity contribution in [1.82, 2.24) is 15.1 Å². The standard InChI is InChI=1S/C33H30F7N3O2/c34-31(35,32(36,37)33(38,39)40)20-41-29(45)30(26-13-5-3-11-24(26)25-12-4-6-14-27(25)30)15-7-8-16-42-18-22(19-42)43-17-21-9-1-2-10-23(21)28(43)44/h1-6,9-14,22H,7-8,15-20H2,(H,41,45). The molecule has 2 aliphatic heterocycles. The topological polar surface area (TPSA) is 52.7 Å². The molecule has 2 heterocycles. The number of halogens is 7. The zero-order chi connectivity index (χ0) is 32.2. The predicted octanol–water partition coefficient (Wildman–Crippen LogP) is 6.41. The number of hydrogen-bond acceptors (Lipinski definition) is 3. The summed E-state index contributed by atoms with van der Waals surface area (Å²) in [5, 5.41) is 1.77. The number of carbonyl (C=O) groups excluding carboxylic acids is 2. The molecule has 12 heteroatoms. The first-order valence-corrected chi connectivity index (χ1v) is 14.7. The molecular weight excluding hydrogens is 603 g/mol. The first-order chi connectivity index (χ1) is 21.3. The van der Waals surface area contributed by atoms with Gasteiger partial charge in [0.2, 0.25) is 5.91 Å².